The Labute approximate surface area is 217 Å². The van der Waals surface area contributed by atoms with Gasteiger partial charge in [-0.15, -0.1) is 0 Å². The molecule has 2 saturated heterocycles. The highest BCUT2D eigenvalue weighted by atomic mass is 32.2. The van der Waals surface area contributed by atoms with E-state index in [9.17, 15) is 36.0 Å². The van der Waals surface area contributed by atoms with Gasteiger partial charge in [0.1, 0.15) is 5.54 Å². The molecule has 4 rings (SSSR count). The Bertz CT molecular complexity index is 1340. The number of benzene rings is 1. The lowest BCUT2D eigenvalue weighted by Crippen LogP contribution is -2.54. The number of likely N-dealkylation sites (tertiary alicyclic amines) is 1. The van der Waals surface area contributed by atoms with Crippen molar-refractivity contribution in [2.75, 3.05) is 25.0 Å². The third-order valence-corrected chi connectivity index (χ3v) is 8.52. The summed E-state index contributed by atoms with van der Waals surface area (Å²) in [6, 6.07) is 4.76. The molecule has 0 saturated carbocycles. The highest BCUT2D eigenvalue weighted by Gasteiger charge is 2.54. The third-order valence-electron chi connectivity index (χ3n) is 7.01. The van der Waals surface area contributed by atoms with Gasteiger partial charge in [-0.2, -0.15) is 13.2 Å². The summed E-state index contributed by atoms with van der Waals surface area (Å²) < 4.78 is 61.9. The first-order chi connectivity index (χ1) is 17.8. The molecule has 2 N–H and O–H groups in total. The van der Waals surface area contributed by atoms with Crippen molar-refractivity contribution >= 4 is 33.9 Å². The number of nitrogens with zero attached hydrogens (tertiary/aromatic N) is 3. The molecule has 38 heavy (non-hydrogen) atoms. The number of urea groups is 1. The molecule has 1 aromatic heterocycles. The SMILES string of the molecule is CN1CCC(c2cc(C(NC=O)C3(C)NC(=O)N(c4ccc(S(=O)(=O)C(F)(F)F)cc4)C3=O)ccn2)CC1. The van der Waals surface area contributed by atoms with Crippen molar-refractivity contribution in [1.29, 1.82) is 0 Å². The highest BCUT2D eigenvalue weighted by molar-refractivity contribution is 7.92. The van der Waals surface area contributed by atoms with Gasteiger partial charge in [-0.3, -0.25) is 14.6 Å². The van der Waals surface area contributed by atoms with Gasteiger partial charge in [0.05, 0.1) is 16.6 Å². The zero-order chi connectivity index (χ0) is 27.9. The van der Waals surface area contributed by atoms with Crippen LogP contribution >= 0.6 is 0 Å². The van der Waals surface area contributed by atoms with Crippen molar-refractivity contribution in [3.05, 3.63) is 53.9 Å². The van der Waals surface area contributed by atoms with Gasteiger partial charge in [0.15, 0.2) is 0 Å². The molecule has 14 heteroatoms. The molecule has 2 aliphatic rings. The number of hydrogen-bond donors (Lipinski definition) is 2. The lowest BCUT2D eigenvalue weighted by Gasteiger charge is -2.33. The molecule has 0 aliphatic carbocycles. The van der Waals surface area contributed by atoms with Crippen LogP contribution in [-0.4, -0.2) is 67.8 Å². The van der Waals surface area contributed by atoms with E-state index >= 15 is 0 Å². The molecule has 2 aliphatic heterocycles. The maximum absolute atomic E-state index is 13.6. The fourth-order valence-corrected chi connectivity index (χ4v) is 5.59. The predicted molar refractivity (Wildman–Crippen MR) is 130 cm³/mol. The molecular weight excluding hydrogens is 527 g/mol. The van der Waals surface area contributed by atoms with Crippen LogP contribution in [0.25, 0.3) is 0 Å². The van der Waals surface area contributed by atoms with Gasteiger partial charge in [-0.05, 0) is 81.9 Å². The number of piperidine rings is 1. The second kappa shape index (κ2) is 9.98. The fourth-order valence-electron chi connectivity index (χ4n) is 4.83. The monoisotopic (exact) mass is 553 g/mol. The first-order valence-electron chi connectivity index (χ1n) is 11.7. The van der Waals surface area contributed by atoms with Gasteiger partial charge < -0.3 is 15.5 Å². The van der Waals surface area contributed by atoms with E-state index in [0.717, 1.165) is 43.8 Å². The minimum Gasteiger partial charge on any atom is -0.349 e. The standard InChI is InChI=1S/C24H26F3N5O5S/c1-23(20(29-14-33)16-7-10-28-19(13-16)15-8-11-31(2)12-9-15)21(34)32(22(35)30-23)17-3-5-18(6-4-17)38(36,37)24(25,26)27/h3-7,10,13-15,20H,8-9,11-12H2,1-2H3,(H,29,33)(H,30,35). The number of sulfone groups is 1. The van der Waals surface area contributed by atoms with Crippen molar-refractivity contribution in [1.82, 2.24) is 20.5 Å². The number of imide groups is 1. The number of alkyl halides is 3. The number of carbonyl (C=O) groups excluding carboxylic acids is 3. The van der Waals surface area contributed by atoms with E-state index in [1.54, 1.807) is 18.3 Å². The summed E-state index contributed by atoms with van der Waals surface area (Å²) in [7, 11) is -3.57. The molecule has 2 aromatic rings. The van der Waals surface area contributed by atoms with E-state index in [0.29, 0.717) is 29.0 Å². The topological polar surface area (TPSA) is 129 Å². The molecule has 2 atom stereocenters. The Hall–Kier alpha value is -3.52. The van der Waals surface area contributed by atoms with Crippen molar-refractivity contribution in [2.45, 2.75) is 47.7 Å². The Kier molecular flexibility index (Phi) is 7.23. The first-order valence-corrected chi connectivity index (χ1v) is 13.2. The highest BCUT2D eigenvalue weighted by Crippen LogP contribution is 2.37. The summed E-state index contributed by atoms with van der Waals surface area (Å²) in [6.07, 6.45) is 3.76. The Morgan fingerprint density at radius 3 is 2.37 bits per heavy atom. The van der Waals surface area contributed by atoms with Crippen LogP contribution in [0.15, 0.2) is 47.5 Å². The summed E-state index contributed by atoms with van der Waals surface area (Å²) in [6.45, 7) is 3.22. The van der Waals surface area contributed by atoms with Crippen LogP contribution in [0.2, 0.25) is 0 Å². The number of halogens is 3. The molecule has 0 radical (unpaired) electrons. The number of amides is 4. The summed E-state index contributed by atoms with van der Waals surface area (Å²) in [5.41, 5.74) is -5.97. The number of anilines is 1. The van der Waals surface area contributed by atoms with Crippen LogP contribution in [0, 0.1) is 0 Å². The number of pyridine rings is 1. The molecule has 4 amide bonds. The van der Waals surface area contributed by atoms with Gasteiger partial charge >= 0.3 is 11.5 Å². The number of rotatable bonds is 7. The van der Waals surface area contributed by atoms with E-state index in [1.807, 2.05) is 7.05 Å². The molecule has 1 aromatic carbocycles. The van der Waals surface area contributed by atoms with Crippen LogP contribution in [0.5, 0.6) is 0 Å². The Balaban J connectivity index is 1.64. The van der Waals surface area contributed by atoms with Gasteiger partial charge in [-0.25, -0.2) is 18.1 Å². The predicted octanol–water partition coefficient (Wildman–Crippen LogP) is 2.49. The summed E-state index contributed by atoms with van der Waals surface area (Å²) in [5, 5.41) is 5.18. The number of carbonyl (C=O) groups is 3. The molecule has 3 heterocycles. The van der Waals surface area contributed by atoms with Crippen molar-refractivity contribution < 1.29 is 36.0 Å². The van der Waals surface area contributed by atoms with E-state index in [2.05, 4.69) is 20.5 Å². The van der Waals surface area contributed by atoms with Crippen LogP contribution in [0.3, 0.4) is 0 Å². The molecule has 0 spiro atoms. The van der Waals surface area contributed by atoms with Gasteiger partial charge in [-0.1, -0.05) is 0 Å². The first kappa shape index (κ1) is 27.5. The Morgan fingerprint density at radius 2 is 1.79 bits per heavy atom. The van der Waals surface area contributed by atoms with E-state index < -0.39 is 43.8 Å². The van der Waals surface area contributed by atoms with E-state index in [1.165, 1.54) is 6.92 Å². The summed E-state index contributed by atoms with van der Waals surface area (Å²) >= 11 is 0. The largest absolute Gasteiger partial charge is 0.501 e. The molecule has 2 unspecified atom stereocenters. The smallest absolute Gasteiger partial charge is 0.349 e. The quantitative estimate of drug-likeness (QED) is 0.398. The van der Waals surface area contributed by atoms with Gasteiger partial charge in [0, 0.05) is 17.8 Å². The van der Waals surface area contributed by atoms with Crippen LogP contribution < -0.4 is 15.5 Å². The maximum atomic E-state index is 13.6. The molecule has 2 fully saturated rings. The third kappa shape index (κ3) is 4.85. The van der Waals surface area contributed by atoms with Gasteiger partial charge in [0.25, 0.3) is 15.7 Å². The minimum atomic E-state index is -5.60. The van der Waals surface area contributed by atoms with Crippen molar-refractivity contribution in [2.24, 2.45) is 0 Å². The minimum absolute atomic E-state index is 0.135. The molecular formula is C24H26F3N5O5S. The summed E-state index contributed by atoms with van der Waals surface area (Å²) in [4.78, 5) is 44.4. The molecule has 10 nitrogen and oxygen atoms in total. The van der Waals surface area contributed by atoms with Crippen LogP contribution in [0.4, 0.5) is 23.7 Å². The van der Waals surface area contributed by atoms with Crippen molar-refractivity contribution in [3.8, 4) is 0 Å². The lowest BCUT2D eigenvalue weighted by molar-refractivity contribution is -0.123. The second-order valence-corrected chi connectivity index (χ2v) is 11.5. The molecule has 204 valence electrons. The van der Waals surface area contributed by atoms with E-state index in [4.69, 9.17) is 0 Å². The maximum Gasteiger partial charge on any atom is 0.501 e. The van der Waals surface area contributed by atoms with Crippen LogP contribution in [-0.2, 0) is 19.4 Å². The summed E-state index contributed by atoms with van der Waals surface area (Å²) in [5.74, 6) is -0.598. The van der Waals surface area contributed by atoms with Crippen molar-refractivity contribution in [3.63, 3.8) is 0 Å². The average Bonchev–Trinajstić information content (AvgIpc) is 3.10. The lowest BCUT2D eigenvalue weighted by atomic mass is 9.85. The number of aromatic nitrogens is 1. The number of nitrogens with one attached hydrogen (secondary N) is 2. The normalized spacial score (nSPS) is 22.3. The van der Waals surface area contributed by atoms with Gasteiger partial charge in [0.2, 0.25) is 6.41 Å². The molecule has 0 bridgehead atoms. The Morgan fingerprint density at radius 1 is 1.16 bits per heavy atom. The average molecular weight is 554 g/mol. The second-order valence-electron chi connectivity index (χ2n) is 9.53. The zero-order valence-corrected chi connectivity index (χ0v) is 21.3. The van der Waals surface area contributed by atoms with Crippen LogP contribution in [0.1, 0.15) is 43.0 Å². The zero-order valence-electron chi connectivity index (χ0n) is 20.5. The number of hydrogen-bond acceptors (Lipinski definition) is 7. The van der Waals surface area contributed by atoms with E-state index in [-0.39, 0.29) is 11.6 Å². The fraction of sp³-hybridized carbons (Fsp3) is 0.417.